The van der Waals surface area contributed by atoms with E-state index < -0.39 is 10.0 Å². The summed E-state index contributed by atoms with van der Waals surface area (Å²) >= 11 is 0. The van der Waals surface area contributed by atoms with Gasteiger partial charge in [-0.25, -0.2) is 13.6 Å². The first-order valence-electron chi connectivity index (χ1n) is 6.22. The Hall–Kier alpha value is -1.11. The van der Waals surface area contributed by atoms with Gasteiger partial charge in [0.25, 0.3) is 0 Å². The molecule has 0 unspecified atom stereocenters. The molecule has 19 heavy (non-hydrogen) atoms. The molecule has 6 heteroatoms. The van der Waals surface area contributed by atoms with Crippen molar-refractivity contribution in [3.05, 3.63) is 23.8 Å². The predicted octanol–water partition coefficient (Wildman–Crippen LogP) is 1.44. The molecule has 5 nitrogen and oxygen atoms in total. The van der Waals surface area contributed by atoms with Crippen LogP contribution in [-0.4, -0.2) is 27.0 Å². The Labute approximate surface area is 115 Å². The highest BCUT2D eigenvalue weighted by atomic mass is 32.2. The van der Waals surface area contributed by atoms with Crippen LogP contribution in [0.1, 0.15) is 26.3 Å². The number of aryl methyl sites for hydroxylation is 1. The van der Waals surface area contributed by atoms with E-state index in [0.29, 0.717) is 6.54 Å². The summed E-state index contributed by atoms with van der Waals surface area (Å²) in [5.41, 5.74) is 1.85. The predicted molar refractivity (Wildman–Crippen MR) is 78.8 cm³/mol. The first kappa shape index (κ1) is 15.9. The average molecular weight is 285 g/mol. The Kier molecular flexibility index (Phi) is 4.95. The summed E-state index contributed by atoms with van der Waals surface area (Å²) in [7, 11) is -3.65. The van der Waals surface area contributed by atoms with Crippen molar-refractivity contribution < 1.29 is 8.42 Å². The fourth-order valence-electron chi connectivity index (χ4n) is 1.60. The van der Waals surface area contributed by atoms with Crippen LogP contribution in [0.4, 0.5) is 5.69 Å². The lowest BCUT2D eigenvalue weighted by Crippen LogP contribution is -2.38. The van der Waals surface area contributed by atoms with Crippen LogP contribution < -0.4 is 15.8 Å². The third-order valence-corrected chi connectivity index (χ3v) is 3.54. The number of sulfonamides is 1. The molecule has 0 amide bonds. The standard InChI is InChI=1S/C13H23N3O2S/c1-10-5-6-11(19(14,17)18)9-12(10)15-7-8-16-13(2,3)4/h5-6,9,15-16H,7-8H2,1-4H3,(H2,14,17,18). The molecule has 0 fully saturated rings. The van der Waals surface area contributed by atoms with Gasteiger partial charge in [0.15, 0.2) is 0 Å². The van der Waals surface area contributed by atoms with Gasteiger partial charge >= 0.3 is 0 Å². The van der Waals surface area contributed by atoms with Crippen LogP contribution in [0.3, 0.4) is 0 Å². The average Bonchev–Trinajstić information content (AvgIpc) is 2.23. The highest BCUT2D eigenvalue weighted by molar-refractivity contribution is 7.89. The maximum absolute atomic E-state index is 11.3. The van der Waals surface area contributed by atoms with E-state index in [1.807, 2.05) is 6.92 Å². The number of hydrogen-bond acceptors (Lipinski definition) is 4. The molecule has 1 rings (SSSR count). The van der Waals surface area contributed by atoms with Crippen LogP contribution >= 0.6 is 0 Å². The number of benzene rings is 1. The number of hydrogen-bond donors (Lipinski definition) is 3. The zero-order valence-electron chi connectivity index (χ0n) is 11.9. The summed E-state index contributed by atoms with van der Waals surface area (Å²) in [6, 6.07) is 4.84. The lowest BCUT2D eigenvalue weighted by Gasteiger charge is -2.21. The number of anilines is 1. The highest BCUT2D eigenvalue weighted by Gasteiger charge is 2.10. The third-order valence-electron chi connectivity index (χ3n) is 2.63. The maximum Gasteiger partial charge on any atom is 0.238 e. The first-order valence-corrected chi connectivity index (χ1v) is 7.76. The second-order valence-electron chi connectivity index (χ2n) is 5.63. The van der Waals surface area contributed by atoms with E-state index in [-0.39, 0.29) is 10.4 Å². The van der Waals surface area contributed by atoms with Crippen molar-refractivity contribution >= 4 is 15.7 Å². The van der Waals surface area contributed by atoms with Gasteiger partial charge in [0.1, 0.15) is 0 Å². The monoisotopic (exact) mass is 285 g/mol. The molecule has 0 aromatic heterocycles. The van der Waals surface area contributed by atoms with Crippen molar-refractivity contribution in [3.63, 3.8) is 0 Å². The Morgan fingerprint density at radius 3 is 2.37 bits per heavy atom. The Balaban J connectivity index is 2.68. The summed E-state index contributed by atoms with van der Waals surface area (Å²) in [5.74, 6) is 0. The van der Waals surface area contributed by atoms with E-state index in [0.717, 1.165) is 17.8 Å². The van der Waals surface area contributed by atoms with E-state index >= 15 is 0 Å². The summed E-state index contributed by atoms with van der Waals surface area (Å²) in [6.07, 6.45) is 0. The van der Waals surface area contributed by atoms with Gasteiger partial charge in [-0.2, -0.15) is 0 Å². The van der Waals surface area contributed by atoms with Crippen molar-refractivity contribution in [1.29, 1.82) is 0 Å². The van der Waals surface area contributed by atoms with E-state index in [1.54, 1.807) is 12.1 Å². The molecule has 0 aliphatic heterocycles. The van der Waals surface area contributed by atoms with Crippen molar-refractivity contribution in [2.24, 2.45) is 5.14 Å². The SMILES string of the molecule is Cc1ccc(S(N)(=O)=O)cc1NCCNC(C)(C)C. The van der Waals surface area contributed by atoms with Gasteiger partial charge in [0.2, 0.25) is 10.0 Å². The van der Waals surface area contributed by atoms with Gasteiger partial charge in [0, 0.05) is 24.3 Å². The quantitative estimate of drug-likeness (QED) is 0.715. The van der Waals surface area contributed by atoms with Gasteiger partial charge in [-0.15, -0.1) is 0 Å². The second-order valence-corrected chi connectivity index (χ2v) is 7.19. The minimum Gasteiger partial charge on any atom is -0.384 e. The van der Waals surface area contributed by atoms with E-state index in [9.17, 15) is 8.42 Å². The normalized spacial score (nSPS) is 12.5. The number of primary sulfonamides is 1. The van der Waals surface area contributed by atoms with Crippen LogP contribution in [0, 0.1) is 6.92 Å². The molecule has 0 saturated heterocycles. The molecule has 0 aliphatic rings. The molecule has 108 valence electrons. The minimum atomic E-state index is -3.65. The van der Waals surface area contributed by atoms with Gasteiger partial charge in [0.05, 0.1) is 4.90 Å². The molecule has 0 atom stereocenters. The molecule has 0 aliphatic carbocycles. The lowest BCUT2D eigenvalue weighted by molar-refractivity contribution is 0.435. The molecular weight excluding hydrogens is 262 g/mol. The van der Waals surface area contributed by atoms with Crippen LogP contribution in [-0.2, 0) is 10.0 Å². The van der Waals surface area contributed by atoms with Crippen LogP contribution in [0.2, 0.25) is 0 Å². The molecule has 0 saturated carbocycles. The van der Waals surface area contributed by atoms with E-state index in [2.05, 4.69) is 31.4 Å². The molecule has 0 heterocycles. The molecule has 0 spiro atoms. The van der Waals surface area contributed by atoms with Crippen molar-refractivity contribution in [2.75, 3.05) is 18.4 Å². The summed E-state index contributed by atoms with van der Waals surface area (Å²) in [4.78, 5) is 0.129. The van der Waals surface area contributed by atoms with Crippen molar-refractivity contribution in [3.8, 4) is 0 Å². The van der Waals surface area contributed by atoms with Crippen LogP contribution in [0.5, 0.6) is 0 Å². The number of nitrogens with two attached hydrogens (primary N) is 1. The zero-order chi connectivity index (χ0) is 14.7. The van der Waals surface area contributed by atoms with Crippen LogP contribution in [0.25, 0.3) is 0 Å². The summed E-state index contributed by atoms with van der Waals surface area (Å²) < 4.78 is 22.6. The summed E-state index contributed by atoms with van der Waals surface area (Å²) in [6.45, 7) is 9.72. The largest absolute Gasteiger partial charge is 0.384 e. The molecule has 0 bridgehead atoms. The maximum atomic E-state index is 11.3. The van der Waals surface area contributed by atoms with Gasteiger partial charge in [-0.1, -0.05) is 6.07 Å². The fraction of sp³-hybridized carbons (Fsp3) is 0.538. The number of nitrogens with one attached hydrogen (secondary N) is 2. The van der Waals surface area contributed by atoms with Gasteiger partial charge in [-0.3, -0.25) is 0 Å². The molecular formula is C13H23N3O2S. The lowest BCUT2D eigenvalue weighted by atomic mass is 10.1. The van der Waals surface area contributed by atoms with Gasteiger partial charge in [-0.05, 0) is 45.4 Å². The number of rotatable bonds is 5. The smallest absolute Gasteiger partial charge is 0.238 e. The topological polar surface area (TPSA) is 84.2 Å². The minimum absolute atomic E-state index is 0.0686. The van der Waals surface area contributed by atoms with Crippen LogP contribution in [0.15, 0.2) is 23.1 Å². The Bertz CT molecular complexity index is 533. The molecule has 0 radical (unpaired) electrons. The zero-order valence-corrected chi connectivity index (χ0v) is 12.8. The van der Waals surface area contributed by atoms with Crippen molar-refractivity contribution in [2.45, 2.75) is 38.1 Å². The van der Waals surface area contributed by atoms with E-state index in [1.165, 1.54) is 6.07 Å². The van der Waals surface area contributed by atoms with E-state index in [4.69, 9.17) is 5.14 Å². The third kappa shape index (κ3) is 5.59. The van der Waals surface area contributed by atoms with Gasteiger partial charge < -0.3 is 10.6 Å². The van der Waals surface area contributed by atoms with Crippen molar-refractivity contribution in [1.82, 2.24) is 5.32 Å². The first-order chi connectivity index (χ1) is 8.59. The fourth-order valence-corrected chi connectivity index (χ4v) is 2.14. The Morgan fingerprint density at radius 2 is 1.84 bits per heavy atom. The second kappa shape index (κ2) is 5.90. The Morgan fingerprint density at radius 1 is 1.21 bits per heavy atom. The molecule has 1 aromatic carbocycles. The molecule has 4 N–H and O–H groups in total. The summed E-state index contributed by atoms with van der Waals surface area (Å²) in [5, 5.41) is 11.7. The molecule has 1 aromatic rings. The highest BCUT2D eigenvalue weighted by Crippen LogP contribution is 2.19.